The van der Waals surface area contributed by atoms with E-state index in [1.54, 1.807) is 6.92 Å². The van der Waals surface area contributed by atoms with Crippen LogP contribution in [-0.2, 0) is 31.9 Å². The molecule has 0 fully saturated rings. The second-order valence-corrected chi connectivity index (χ2v) is 6.85. The van der Waals surface area contributed by atoms with Gasteiger partial charge in [-0.05, 0) is 29.2 Å². The number of benzene rings is 2. The normalized spacial score (nSPS) is 20.1. The van der Waals surface area contributed by atoms with Crippen molar-refractivity contribution in [1.82, 2.24) is 5.32 Å². The molecule has 1 aliphatic rings. The van der Waals surface area contributed by atoms with Crippen LogP contribution in [0.1, 0.15) is 23.6 Å². The van der Waals surface area contributed by atoms with Gasteiger partial charge in [0.25, 0.3) is 0 Å². The molecule has 5 heteroatoms. The van der Waals surface area contributed by atoms with Crippen LogP contribution in [0.2, 0.25) is 0 Å². The number of methoxy groups -OCH3 is 1. The third-order valence-corrected chi connectivity index (χ3v) is 4.98. The van der Waals surface area contributed by atoms with Crippen molar-refractivity contribution in [3.8, 4) is 0 Å². The van der Waals surface area contributed by atoms with E-state index in [1.165, 1.54) is 13.2 Å². The van der Waals surface area contributed by atoms with Crippen molar-refractivity contribution in [2.45, 2.75) is 25.3 Å². The maximum Gasteiger partial charge on any atom is 0.331 e. The molecule has 0 bridgehead atoms. The molecule has 0 saturated carbocycles. The van der Waals surface area contributed by atoms with Crippen LogP contribution < -0.4 is 5.32 Å². The first kappa shape index (κ1) is 19.8. The Morgan fingerprint density at radius 2 is 1.82 bits per heavy atom. The third-order valence-electron chi connectivity index (χ3n) is 4.98. The van der Waals surface area contributed by atoms with Gasteiger partial charge in [-0.15, -0.1) is 0 Å². The Morgan fingerprint density at radius 3 is 2.54 bits per heavy atom. The minimum absolute atomic E-state index is 0.316. The van der Waals surface area contributed by atoms with E-state index < -0.39 is 5.54 Å². The van der Waals surface area contributed by atoms with Crippen molar-refractivity contribution in [1.29, 1.82) is 0 Å². The third kappa shape index (κ3) is 4.31. The van der Waals surface area contributed by atoms with Crippen molar-refractivity contribution in [3.63, 3.8) is 0 Å². The highest BCUT2D eigenvalue weighted by Gasteiger charge is 2.42. The van der Waals surface area contributed by atoms with E-state index in [4.69, 9.17) is 9.47 Å². The Morgan fingerprint density at radius 1 is 1.11 bits per heavy atom. The quantitative estimate of drug-likeness (QED) is 0.639. The van der Waals surface area contributed by atoms with E-state index in [0.29, 0.717) is 26.0 Å². The number of nitrogens with one attached hydrogen (secondary N) is 1. The highest BCUT2D eigenvalue weighted by molar-refractivity contribution is 5.93. The van der Waals surface area contributed by atoms with Crippen molar-refractivity contribution in [2.24, 2.45) is 0 Å². The van der Waals surface area contributed by atoms with Gasteiger partial charge in [0.05, 0.1) is 13.7 Å². The Balaban J connectivity index is 2.03. The standard InChI is InChI=1S/C23H25NO4/c1-3-28-21(25)13-19-16-24-23(22(26)27-2,14-17-9-5-4-6-10-17)15-18-11-7-8-12-20(18)19/h4-13,24H,3,14-16H2,1-2H3/b19-13+. The molecule has 1 unspecified atom stereocenters. The topological polar surface area (TPSA) is 64.6 Å². The predicted octanol–water partition coefficient (Wildman–Crippen LogP) is 2.93. The van der Waals surface area contributed by atoms with Crippen LogP contribution in [0, 0.1) is 0 Å². The lowest BCUT2D eigenvalue weighted by Gasteiger charge is -2.31. The van der Waals surface area contributed by atoms with Crippen molar-refractivity contribution in [2.75, 3.05) is 20.3 Å². The summed E-state index contributed by atoms with van der Waals surface area (Å²) < 4.78 is 10.3. The Kier molecular flexibility index (Phi) is 6.26. The molecule has 1 N–H and O–H groups in total. The highest BCUT2D eigenvalue weighted by atomic mass is 16.5. The SMILES string of the molecule is CCOC(=O)/C=C1\CNC(Cc2ccccc2)(C(=O)OC)Cc2ccccc21. The number of rotatable bonds is 5. The first-order valence-corrected chi connectivity index (χ1v) is 9.41. The van der Waals surface area contributed by atoms with E-state index in [9.17, 15) is 9.59 Å². The maximum atomic E-state index is 12.9. The number of ether oxygens (including phenoxy) is 2. The van der Waals surface area contributed by atoms with E-state index in [1.807, 2.05) is 54.6 Å². The molecule has 5 nitrogen and oxygen atoms in total. The van der Waals surface area contributed by atoms with Crippen LogP contribution in [0.15, 0.2) is 60.7 Å². The molecule has 1 atom stereocenters. The van der Waals surface area contributed by atoms with Crippen LogP contribution >= 0.6 is 0 Å². The summed E-state index contributed by atoms with van der Waals surface area (Å²) in [6.45, 7) is 2.45. The summed E-state index contributed by atoms with van der Waals surface area (Å²) in [6.07, 6.45) is 2.46. The van der Waals surface area contributed by atoms with Crippen molar-refractivity contribution in [3.05, 3.63) is 77.4 Å². The molecule has 0 radical (unpaired) electrons. The zero-order valence-corrected chi connectivity index (χ0v) is 16.2. The van der Waals surface area contributed by atoms with Gasteiger partial charge >= 0.3 is 11.9 Å². The zero-order valence-electron chi connectivity index (χ0n) is 16.2. The van der Waals surface area contributed by atoms with E-state index in [0.717, 1.165) is 22.3 Å². The monoisotopic (exact) mass is 379 g/mol. The fraction of sp³-hybridized carbons (Fsp3) is 0.304. The summed E-state index contributed by atoms with van der Waals surface area (Å²) in [6, 6.07) is 17.7. The van der Waals surface area contributed by atoms with Gasteiger partial charge in [0.2, 0.25) is 0 Å². The first-order chi connectivity index (χ1) is 13.6. The molecular formula is C23H25NO4. The number of carbonyl (C=O) groups is 2. The number of fused-ring (bicyclic) bond motifs is 1. The highest BCUT2D eigenvalue weighted by Crippen LogP contribution is 2.30. The number of hydrogen-bond acceptors (Lipinski definition) is 5. The molecule has 2 aromatic rings. The van der Waals surface area contributed by atoms with Crippen molar-refractivity contribution < 1.29 is 19.1 Å². The van der Waals surface area contributed by atoms with E-state index >= 15 is 0 Å². The van der Waals surface area contributed by atoms with E-state index in [2.05, 4.69) is 5.32 Å². The van der Waals surface area contributed by atoms with Gasteiger partial charge in [-0.3, -0.25) is 10.1 Å². The minimum Gasteiger partial charge on any atom is -0.468 e. The molecule has 28 heavy (non-hydrogen) atoms. The second-order valence-electron chi connectivity index (χ2n) is 6.85. The molecule has 146 valence electrons. The average molecular weight is 379 g/mol. The van der Waals surface area contributed by atoms with Crippen LogP contribution in [0.5, 0.6) is 0 Å². The second kappa shape index (κ2) is 8.85. The molecule has 1 aliphatic heterocycles. The van der Waals surface area contributed by atoms with Gasteiger partial charge in [-0.2, -0.15) is 0 Å². The van der Waals surface area contributed by atoms with Crippen molar-refractivity contribution >= 4 is 17.5 Å². The molecule has 0 saturated heterocycles. The molecule has 0 aliphatic carbocycles. The first-order valence-electron chi connectivity index (χ1n) is 9.41. The smallest absolute Gasteiger partial charge is 0.331 e. The molecule has 3 rings (SSSR count). The van der Waals surface area contributed by atoms with Crippen LogP contribution in [0.25, 0.3) is 5.57 Å². The molecule has 1 heterocycles. The molecule has 0 aromatic heterocycles. The Bertz CT molecular complexity index is 875. The van der Waals surface area contributed by atoms with Crippen LogP contribution in [0.4, 0.5) is 0 Å². The lowest BCUT2D eigenvalue weighted by Crippen LogP contribution is -2.55. The van der Waals surface area contributed by atoms with Gasteiger partial charge in [0.15, 0.2) is 0 Å². The molecular weight excluding hydrogens is 354 g/mol. The van der Waals surface area contributed by atoms with Crippen LogP contribution in [-0.4, -0.2) is 37.7 Å². The predicted molar refractivity (Wildman–Crippen MR) is 108 cm³/mol. The number of esters is 2. The van der Waals surface area contributed by atoms with Gasteiger partial charge < -0.3 is 9.47 Å². The summed E-state index contributed by atoms with van der Waals surface area (Å²) in [5.41, 5.74) is 2.85. The Labute approximate surface area is 165 Å². The Hall–Kier alpha value is -2.92. The summed E-state index contributed by atoms with van der Waals surface area (Å²) >= 11 is 0. The lowest BCUT2D eigenvalue weighted by molar-refractivity contribution is -0.148. The summed E-state index contributed by atoms with van der Waals surface area (Å²) in [7, 11) is 1.41. The largest absolute Gasteiger partial charge is 0.468 e. The molecule has 2 aromatic carbocycles. The van der Waals surface area contributed by atoms with Crippen LogP contribution in [0.3, 0.4) is 0 Å². The maximum absolute atomic E-state index is 12.9. The van der Waals surface area contributed by atoms with Gasteiger partial charge in [-0.1, -0.05) is 54.6 Å². The van der Waals surface area contributed by atoms with Gasteiger partial charge in [-0.25, -0.2) is 4.79 Å². The van der Waals surface area contributed by atoms with Gasteiger partial charge in [0, 0.05) is 25.5 Å². The fourth-order valence-electron chi connectivity index (χ4n) is 3.67. The number of carbonyl (C=O) groups excluding carboxylic acids is 2. The number of hydrogen-bond donors (Lipinski definition) is 1. The summed E-state index contributed by atoms with van der Waals surface area (Å²) in [5.74, 6) is -0.703. The lowest BCUT2D eigenvalue weighted by atomic mass is 9.84. The average Bonchev–Trinajstić information content (AvgIpc) is 2.86. The minimum atomic E-state index is -0.920. The van der Waals surface area contributed by atoms with E-state index in [-0.39, 0.29) is 11.9 Å². The van der Waals surface area contributed by atoms with Gasteiger partial charge in [0.1, 0.15) is 5.54 Å². The fourth-order valence-corrected chi connectivity index (χ4v) is 3.67. The molecule has 0 amide bonds. The summed E-state index contributed by atoms with van der Waals surface area (Å²) in [4.78, 5) is 24.9. The summed E-state index contributed by atoms with van der Waals surface area (Å²) in [5, 5.41) is 3.39. The molecule has 0 spiro atoms. The zero-order chi connectivity index (χ0) is 20.0.